The number of nitrogens with zero attached hydrogens (tertiary/aromatic N) is 3. The van der Waals surface area contributed by atoms with E-state index in [0.29, 0.717) is 57.8 Å². The van der Waals surface area contributed by atoms with E-state index in [1.165, 1.54) is 0 Å². The minimum atomic E-state index is -1.17. The smallest absolute Gasteiger partial charge is 0.434 e. The second-order valence-corrected chi connectivity index (χ2v) is 6.50. The monoisotopic (exact) mass is 467 g/mol. The minimum absolute atomic E-state index is 0.0322. The molecule has 0 amide bonds. The molecule has 0 N–H and O–H groups in total. The van der Waals surface area contributed by atoms with E-state index in [0.717, 1.165) is 0 Å². The molecule has 0 aliphatic heterocycles. The molecule has 0 radical (unpaired) electrons. The third-order valence-corrected chi connectivity index (χ3v) is 3.75. The highest BCUT2D eigenvalue weighted by atomic mass is 16.8. The molecule has 0 aromatic carbocycles. The van der Waals surface area contributed by atoms with E-state index in [2.05, 4.69) is 0 Å². The molecule has 12 heteroatoms. The van der Waals surface area contributed by atoms with Gasteiger partial charge in [-0.15, -0.1) is 0 Å². The van der Waals surface area contributed by atoms with Crippen LogP contribution in [0.1, 0.15) is 57.8 Å². The Morgan fingerprint density at radius 1 is 0.545 bits per heavy atom. The van der Waals surface area contributed by atoms with E-state index in [9.17, 15) is 14.4 Å². The van der Waals surface area contributed by atoms with Gasteiger partial charge in [0, 0.05) is 19.3 Å². The SMILES string of the molecule is N#CCCCCOC(=O)OCC(COC(=O)OCCCCC#N)OC(=O)OCCCCC#N. The number of nitriles is 3. The van der Waals surface area contributed by atoms with Gasteiger partial charge in [-0.05, 0) is 38.5 Å². The summed E-state index contributed by atoms with van der Waals surface area (Å²) in [7, 11) is 0. The van der Waals surface area contributed by atoms with Crippen molar-refractivity contribution in [3.8, 4) is 18.2 Å². The van der Waals surface area contributed by atoms with Crippen LogP contribution in [0.4, 0.5) is 14.4 Å². The maximum Gasteiger partial charge on any atom is 0.508 e. The van der Waals surface area contributed by atoms with E-state index < -0.39 is 37.8 Å². The summed E-state index contributed by atoms with van der Waals surface area (Å²) >= 11 is 0. The number of carbonyl (C=O) groups is 3. The topological polar surface area (TPSA) is 178 Å². The van der Waals surface area contributed by atoms with Crippen LogP contribution >= 0.6 is 0 Å². The molecule has 0 aromatic rings. The summed E-state index contributed by atoms with van der Waals surface area (Å²) < 4.78 is 29.3. The van der Waals surface area contributed by atoms with Crippen molar-refractivity contribution in [2.75, 3.05) is 33.0 Å². The lowest BCUT2D eigenvalue weighted by molar-refractivity contribution is -0.0457. The van der Waals surface area contributed by atoms with E-state index in [-0.39, 0.29) is 19.8 Å². The first-order chi connectivity index (χ1) is 16.0. The van der Waals surface area contributed by atoms with Crippen LogP contribution in [0.2, 0.25) is 0 Å². The molecule has 0 bridgehead atoms. The van der Waals surface area contributed by atoms with Gasteiger partial charge < -0.3 is 28.4 Å². The van der Waals surface area contributed by atoms with Crippen molar-refractivity contribution >= 4 is 18.5 Å². The molecule has 0 aromatic heterocycles. The van der Waals surface area contributed by atoms with Crippen molar-refractivity contribution < 1.29 is 42.8 Å². The second kappa shape index (κ2) is 21.5. The molecule has 0 fully saturated rings. The summed E-state index contributed by atoms with van der Waals surface area (Å²) in [5.74, 6) is 0. The third-order valence-electron chi connectivity index (χ3n) is 3.75. The minimum Gasteiger partial charge on any atom is -0.434 e. The number of carbonyl (C=O) groups excluding carboxylic acids is 3. The molecular formula is C21H29N3O9. The molecule has 0 aliphatic rings. The van der Waals surface area contributed by atoms with Crippen molar-refractivity contribution in [3.05, 3.63) is 0 Å². The van der Waals surface area contributed by atoms with Gasteiger partial charge >= 0.3 is 18.5 Å². The average molecular weight is 467 g/mol. The largest absolute Gasteiger partial charge is 0.508 e. The molecule has 0 saturated heterocycles. The van der Waals surface area contributed by atoms with Crippen molar-refractivity contribution in [1.29, 1.82) is 15.8 Å². The maximum absolute atomic E-state index is 11.8. The summed E-state index contributed by atoms with van der Waals surface area (Å²) in [4.78, 5) is 35.1. The van der Waals surface area contributed by atoms with Crippen molar-refractivity contribution in [2.24, 2.45) is 0 Å². The number of rotatable bonds is 17. The summed E-state index contributed by atoms with van der Waals surface area (Å²) in [5.41, 5.74) is 0. The zero-order valence-corrected chi connectivity index (χ0v) is 18.5. The highest BCUT2D eigenvalue weighted by molar-refractivity contribution is 5.61. The Bertz CT molecular complexity index is 655. The van der Waals surface area contributed by atoms with Crippen molar-refractivity contribution in [1.82, 2.24) is 0 Å². The number of ether oxygens (including phenoxy) is 6. The molecule has 0 saturated carbocycles. The molecule has 0 atom stereocenters. The van der Waals surface area contributed by atoms with Gasteiger partial charge in [-0.25, -0.2) is 14.4 Å². The fourth-order valence-corrected chi connectivity index (χ4v) is 2.08. The normalized spacial score (nSPS) is 9.64. The van der Waals surface area contributed by atoms with Crippen LogP contribution in [0, 0.1) is 34.0 Å². The Hall–Kier alpha value is -3.72. The number of unbranched alkanes of at least 4 members (excludes halogenated alkanes) is 6. The van der Waals surface area contributed by atoms with Crippen molar-refractivity contribution in [2.45, 2.75) is 63.9 Å². The van der Waals surface area contributed by atoms with E-state index >= 15 is 0 Å². The predicted octanol–water partition coefficient (Wildman–Crippen LogP) is 3.90. The molecule has 0 spiro atoms. The highest BCUT2D eigenvalue weighted by Crippen LogP contribution is 2.04. The fraction of sp³-hybridized carbons (Fsp3) is 0.714. The Kier molecular flexibility index (Phi) is 19.1. The number of hydrogen-bond acceptors (Lipinski definition) is 12. The van der Waals surface area contributed by atoms with Crippen molar-refractivity contribution in [3.63, 3.8) is 0 Å². The summed E-state index contributed by atoms with van der Waals surface area (Å²) in [6.45, 7) is -0.771. The first kappa shape index (κ1) is 29.3. The molecule has 12 nitrogen and oxygen atoms in total. The van der Waals surface area contributed by atoms with Crippen LogP contribution in [0.15, 0.2) is 0 Å². The van der Waals surface area contributed by atoms with Gasteiger partial charge in [0.05, 0.1) is 38.0 Å². The molecule has 0 unspecified atom stereocenters. The maximum atomic E-state index is 11.8. The zero-order chi connectivity index (χ0) is 24.6. The second-order valence-electron chi connectivity index (χ2n) is 6.50. The first-order valence-corrected chi connectivity index (χ1v) is 10.6. The molecule has 33 heavy (non-hydrogen) atoms. The first-order valence-electron chi connectivity index (χ1n) is 10.6. The Morgan fingerprint density at radius 2 is 0.909 bits per heavy atom. The lowest BCUT2D eigenvalue weighted by Crippen LogP contribution is -2.31. The lowest BCUT2D eigenvalue weighted by atomic mass is 10.3. The van der Waals surface area contributed by atoms with Crippen LogP contribution in [-0.4, -0.2) is 57.6 Å². The summed E-state index contributed by atoms with van der Waals surface area (Å²) in [6, 6.07) is 5.92. The quantitative estimate of drug-likeness (QED) is 0.171. The lowest BCUT2D eigenvalue weighted by Gasteiger charge is -2.17. The van der Waals surface area contributed by atoms with E-state index in [1.54, 1.807) is 0 Å². The van der Waals surface area contributed by atoms with Crippen LogP contribution in [0.3, 0.4) is 0 Å². The van der Waals surface area contributed by atoms with Crippen LogP contribution in [0.5, 0.6) is 0 Å². The van der Waals surface area contributed by atoms with Gasteiger partial charge in [0.1, 0.15) is 13.2 Å². The average Bonchev–Trinajstić information content (AvgIpc) is 2.80. The van der Waals surface area contributed by atoms with Gasteiger partial charge in [0.2, 0.25) is 0 Å². The summed E-state index contributed by atoms with van der Waals surface area (Å²) in [5, 5.41) is 25.4. The summed E-state index contributed by atoms with van der Waals surface area (Å²) in [6.07, 6.45) is -0.0736. The molecule has 0 aliphatic carbocycles. The van der Waals surface area contributed by atoms with Crippen LogP contribution in [-0.2, 0) is 28.4 Å². The zero-order valence-electron chi connectivity index (χ0n) is 18.5. The Balaban J connectivity index is 4.41. The van der Waals surface area contributed by atoms with Gasteiger partial charge in [-0.2, -0.15) is 15.8 Å². The van der Waals surface area contributed by atoms with Crippen LogP contribution in [0.25, 0.3) is 0 Å². The van der Waals surface area contributed by atoms with E-state index in [4.69, 9.17) is 44.2 Å². The standard InChI is InChI=1S/C21H29N3O9/c22-10-4-1-7-13-28-19(25)31-16-18(33-21(27)30-15-9-3-6-12-24)17-32-20(26)29-14-8-2-5-11-23/h18H,1-9,13-17H2. The molecular weight excluding hydrogens is 438 g/mol. The van der Waals surface area contributed by atoms with Gasteiger partial charge in [-0.1, -0.05) is 0 Å². The Labute approximate surface area is 192 Å². The predicted molar refractivity (Wildman–Crippen MR) is 109 cm³/mol. The third kappa shape index (κ3) is 20.0. The van der Waals surface area contributed by atoms with Gasteiger partial charge in [0.15, 0.2) is 6.10 Å². The fourth-order valence-electron chi connectivity index (χ4n) is 2.08. The van der Waals surface area contributed by atoms with E-state index in [1.807, 2.05) is 18.2 Å². The highest BCUT2D eigenvalue weighted by Gasteiger charge is 2.21. The molecule has 0 rings (SSSR count). The number of hydrogen-bond donors (Lipinski definition) is 0. The molecule has 0 heterocycles. The molecule has 182 valence electrons. The van der Waals surface area contributed by atoms with Gasteiger partial charge in [-0.3, -0.25) is 0 Å². The Morgan fingerprint density at radius 3 is 1.27 bits per heavy atom. The van der Waals surface area contributed by atoms with Crippen LogP contribution < -0.4 is 0 Å². The van der Waals surface area contributed by atoms with Gasteiger partial charge in [0.25, 0.3) is 0 Å².